The molecular formula is C9H14N2OS2. The molecule has 1 saturated heterocycles. The van der Waals surface area contributed by atoms with Gasteiger partial charge in [-0.2, -0.15) is 11.8 Å². The summed E-state index contributed by atoms with van der Waals surface area (Å²) in [6.45, 7) is 0.939. The van der Waals surface area contributed by atoms with Crippen molar-refractivity contribution < 1.29 is 4.74 Å². The minimum atomic E-state index is 0.469. The number of hydrogen-bond acceptors (Lipinski definition) is 5. The SMILES string of the molecule is Nc1nc(CSCC2CCCO2)cs1. The fourth-order valence-corrected chi connectivity index (χ4v) is 3.13. The van der Waals surface area contributed by atoms with Crippen molar-refractivity contribution in [2.75, 3.05) is 18.1 Å². The van der Waals surface area contributed by atoms with Crippen LogP contribution in [0.3, 0.4) is 0 Å². The van der Waals surface area contributed by atoms with Crippen molar-refractivity contribution in [2.24, 2.45) is 0 Å². The summed E-state index contributed by atoms with van der Waals surface area (Å²) >= 11 is 3.39. The van der Waals surface area contributed by atoms with Crippen LogP contribution >= 0.6 is 23.1 Å². The van der Waals surface area contributed by atoms with Crippen molar-refractivity contribution >= 4 is 28.2 Å². The van der Waals surface area contributed by atoms with E-state index in [1.807, 2.05) is 17.1 Å². The Labute approximate surface area is 92.1 Å². The predicted octanol–water partition coefficient (Wildman–Crippen LogP) is 2.14. The van der Waals surface area contributed by atoms with Crippen molar-refractivity contribution in [3.8, 4) is 0 Å². The Morgan fingerprint density at radius 2 is 2.64 bits per heavy atom. The van der Waals surface area contributed by atoms with Gasteiger partial charge in [0, 0.05) is 23.5 Å². The number of nitrogens with two attached hydrogens (primary N) is 1. The third kappa shape index (κ3) is 2.87. The Kier molecular flexibility index (Phi) is 3.67. The number of thioether (sulfide) groups is 1. The first-order valence-electron chi connectivity index (χ1n) is 4.74. The molecule has 0 saturated carbocycles. The smallest absolute Gasteiger partial charge is 0.180 e. The maximum atomic E-state index is 5.55. The third-order valence-electron chi connectivity index (χ3n) is 2.15. The van der Waals surface area contributed by atoms with E-state index in [0.717, 1.165) is 23.8 Å². The Balaban J connectivity index is 1.67. The van der Waals surface area contributed by atoms with Crippen molar-refractivity contribution in [1.29, 1.82) is 0 Å². The first-order valence-corrected chi connectivity index (χ1v) is 6.77. The summed E-state index contributed by atoms with van der Waals surface area (Å²) in [5, 5.41) is 2.69. The Hall–Kier alpha value is -0.260. The van der Waals surface area contributed by atoms with E-state index in [0.29, 0.717) is 11.2 Å². The molecular weight excluding hydrogens is 216 g/mol. The number of rotatable bonds is 4. The standard InChI is InChI=1S/C9H14N2OS2/c10-9-11-7(5-14-9)4-13-6-8-2-1-3-12-8/h5,8H,1-4,6H2,(H2,10,11). The lowest BCUT2D eigenvalue weighted by atomic mass is 10.3. The summed E-state index contributed by atoms with van der Waals surface area (Å²) in [4.78, 5) is 4.21. The van der Waals surface area contributed by atoms with Crippen LogP contribution in [0.5, 0.6) is 0 Å². The topological polar surface area (TPSA) is 48.1 Å². The van der Waals surface area contributed by atoms with Crippen molar-refractivity contribution in [3.05, 3.63) is 11.1 Å². The van der Waals surface area contributed by atoms with Crippen LogP contribution in [0.25, 0.3) is 0 Å². The average Bonchev–Trinajstić information content (AvgIpc) is 2.77. The van der Waals surface area contributed by atoms with Gasteiger partial charge in [-0.25, -0.2) is 4.98 Å². The minimum absolute atomic E-state index is 0.469. The van der Waals surface area contributed by atoms with E-state index < -0.39 is 0 Å². The zero-order valence-electron chi connectivity index (χ0n) is 7.94. The third-order valence-corrected chi connectivity index (χ3v) is 3.98. The first-order chi connectivity index (χ1) is 6.84. The number of nitrogen functional groups attached to an aromatic ring is 1. The molecule has 0 aromatic carbocycles. The molecule has 0 bridgehead atoms. The number of aromatic nitrogens is 1. The lowest BCUT2D eigenvalue weighted by molar-refractivity contribution is 0.129. The number of thiazole rings is 1. The highest BCUT2D eigenvalue weighted by molar-refractivity contribution is 7.98. The van der Waals surface area contributed by atoms with Crippen LogP contribution in [0, 0.1) is 0 Å². The van der Waals surface area contributed by atoms with Crippen LogP contribution < -0.4 is 5.73 Å². The first kappa shape index (κ1) is 10.3. The monoisotopic (exact) mass is 230 g/mol. The Morgan fingerprint density at radius 3 is 3.29 bits per heavy atom. The molecule has 0 aliphatic carbocycles. The summed E-state index contributed by atoms with van der Waals surface area (Å²) in [5.41, 5.74) is 6.64. The molecule has 14 heavy (non-hydrogen) atoms. The largest absolute Gasteiger partial charge is 0.377 e. The van der Waals surface area contributed by atoms with Gasteiger partial charge in [-0.15, -0.1) is 11.3 Å². The second kappa shape index (κ2) is 5.00. The molecule has 1 aliphatic heterocycles. The quantitative estimate of drug-likeness (QED) is 0.861. The van der Waals surface area contributed by atoms with Gasteiger partial charge in [0.2, 0.25) is 0 Å². The van der Waals surface area contributed by atoms with E-state index >= 15 is 0 Å². The second-order valence-corrected chi connectivity index (χ2v) is 5.25. The molecule has 1 fully saturated rings. The summed E-state index contributed by atoms with van der Waals surface area (Å²) in [6, 6.07) is 0. The molecule has 2 N–H and O–H groups in total. The molecule has 1 aromatic rings. The molecule has 0 amide bonds. The second-order valence-electron chi connectivity index (χ2n) is 3.33. The number of hydrogen-bond donors (Lipinski definition) is 1. The Morgan fingerprint density at radius 1 is 1.71 bits per heavy atom. The molecule has 3 nitrogen and oxygen atoms in total. The van der Waals surface area contributed by atoms with Crippen LogP contribution in [0.1, 0.15) is 18.5 Å². The molecule has 1 unspecified atom stereocenters. The highest BCUT2D eigenvalue weighted by atomic mass is 32.2. The maximum Gasteiger partial charge on any atom is 0.180 e. The van der Waals surface area contributed by atoms with Gasteiger partial charge in [0.15, 0.2) is 5.13 Å². The molecule has 0 radical (unpaired) electrons. The van der Waals surface area contributed by atoms with Gasteiger partial charge < -0.3 is 10.5 Å². The summed E-state index contributed by atoms with van der Waals surface area (Å²) < 4.78 is 5.53. The molecule has 5 heteroatoms. The van der Waals surface area contributed by atoms with Gasteiger partial charge >= 0.3 is 0 Å². The number of nitrogens with zero attached hydrogens (tertiary/aromatic N) is 1. The van der Waals surface area contributed by atoms with Gasteiger partial charge in [-0.3, -0.25) is 0 Å². The molecule has 1 aliphatic rings. The zero-order valence-corrected chi connectivity index (χ0v) is 9.57. The normalized spacial score (nSPS) is 21.6. The van der Waals surface area contributed by atoms with E-state index in [-0.39, 0.29) is 0 Å². The molecule has 2 heterocycles. The minimum Gasteiger partial charge on any atom is -0.377 e. The van der Waals surface area contributed by atoms with E-state index in [1.165, 1.54) is 24.2 Å². The fraction of sp³-hybridized carbons (Fsp3) is 0.667. The lowest BCUT2D eigenvalue weighted by Gasteiger charge is -2.07. The van der Waals surface area contributed by atoms with E-state index in [4.69, 9.17) is 10.5 Å². The lowest BCUT2D eigenvalue weighted by Crippen LogP contribution is -2.07. The zero-order chi connectivity index (χ0) is 9.80. The predicted molar refractivity (Wildman–Crippen MR) is 61.7 cm³/mol. The summed E-state index contributed by atoms with van der Waals surface area (Å²) in [7, 11) is 0. The van der Waals surface area contributed by atoms with E-state index in [1.54, 1.807) is 0 Å². The Bertz CT molecular complexity index is 284. The van der Waals surface area contributed by atoms with E-state index in [9.17, 15) is 0 Å². The molecule has 1 aromatic heterocycles. The van der Waals surface area contributed by atoms with Gasteiger partial charge in [-0.1, -0.05) is 0 Å². The van der Waals surface area contributed by atoms with Gasteiger partial charge in [0.1, 0.15) is 0 Å². The molecule has 0 spiro atoms. The van der Waals surface area contributed by atoms with Gasteiger partial charge in [-0.05, 0) is 12.8 Å². The maximum absolute atomic E-state index is 5.55. The average molecular weight is 230 g/mol. The number of anilines is 1. The van der Waals surface area contributed by atoms with Crippen LogP contribution in [0.4, 0.5) is 5.13 Å². The van der Waals surface area contributed by atoms with Gasteiger partial charge in [0.25, 0.3) is 0 Å². The molecule has 2 rings (SSSR count). The highest BCUT2D eigenvalue weighted by Crippen LogP contribution is 2.21. The summed E-state index contributed by atoms with van der Waals surface area (Å²) in [5.74, 6) is 2.03. The van der Waals surface area contributed by atoms with E-state index in [2.05, 4.69) is 4.98 Å². The van der Waals surface area contributed by atoms with Crippen LogP contribution in [-0.4, -0.2) is 23.4 Å². The number of ether oxygens (including phenoxy) is 1. The van der Waals surface area contributed by atoms with Crippen LogP contribution in [0.2, 0.25) is 0 Å². The van der Waals surface area contributed by atoms with Crippen molar-refractivity contribution in [3.63, 3.8) is 0 Å². The summed E-state index contributed by atoms with van der Waals surface area (Å²) in [6.07, 6.45) is 2.90. The van der Waals surface area contributed by atoms with Crippen LogP contribution in [0.15, 0.2) is 5.38 Å². The van der Waals surface area contributed by atoms with Gasteiger partial charge in [0.05, 0.1) is 11.8 Å². The fourth-order valence-electron chi connectivity index (χ4n) is 1.46. The highest BCUT2D eigenvalue weighted by Gasteiger charge is 2.15. The molecule has 78 valence electrons. The van der Waals surface area contributed by atoms with Crippen molar-refractivity contribution in [1.82, 2.24) is 4.98 Å². The van der Waals surface area contributed by atoms with Crippen LogP contribution in [-0.2, 0) is 10.5 Å². The molecule has 1 atom stereocenters. The van der Waals surface area contributed by atoms with Crippen molar-refractivity contribution in [2.45, 2.75) is 24.7 Å².